The van der Waals surface area contributed by atoms with Gasteiger partial charge in [0.1, 0.15) is 0 Å². The minimum atomic E-state index is -0.0847. The van der Waals surface area contributed by atoms with Crippen molar-refractivity contribution >= 4 is 15.9 Å². The molecular weight excluding hydrogens is 290 g/mol. The summed E-state index contributed by atoms with van der Waals surface area (Å²) in [6.07, 6.45) is 4.27. The molecule has 18 heavy (non-hydrogen) atoms. The van der Waals surface area contributed by atoms with Crippen LogP contribution in [0, 0.1) is 6.92 Å². The van der Waals surface area contributed by atoms with E-state index in [2.05, 4.69) is 46.0 Å². The molecule has 2 nitrogen and oxygen atoms in total. The highest BCUT2D eigenvalue weighted by Crippen LogP contribution is 2.53. The zero-order chi connectivity index (χ0) is 12.8. The third-order valence-electron chi connectivity index (χ3n) is 4.42. The smallest absolute Gasteiger partial charge is 0.0564 e. The first-order chi connectivity index (χ1) is 8.62. The van der Waals surface area contributed by atoms with Crippen LogP contribution >= 0.6 is 15.9 Å². The lowest BCUT2D eigenvalue weighted by molar-refractivity contribution is 0.0520. The van der Waals surface area contributed by atoms with Crippen molar-refractivity contribution in [3.8, 4) is 0 Å². The number of aryl methyl sites for hydroxylation is 1. The number of benzene rings is 1. The molecule has 0 spiro atoms. The lowest BCUT2D eigenvalue weighted by Crippen LogP contribution is -2.43. The van der Waals surface area contributed by atoms with Crippen molar-refractivity contribution < 1.29 is 5.11 Å². The molecule has 0 radical (unpaired) electrons. The standard InChI is InChI=1S/C15H20BrNO/c1-11-2-3-13(14(16)10-11)15(6-7-15)17-8-4-12(18)5-9-17/h2-3,10,12,18H,4-9H2,1H3. The molecule has 1 heterocycles. The van der Waals surface area contributed by atoms with E-state index in [1.807, 2.05) is 0 Å². The van der Waals surface area contributed by atoms with Crippen LogP contribution in [0.3, 0.4) is 0 Å². The molecule has 1 saturated heterocycles. The van der Waals surface area contributed by atoms with Gasteiger partial charge in [0, 0.05) is 23.1 Å². The Bertz CT molecular complexity index is 448. The summed E-state index contributed by atoms with van der Waals surface area (Å²) in [4.78, 5) is 2.58. The molecule has 0 bridgehead atoms. The van der Waals surface area contributed by atoms with Crippen LogP contribution in [0.15, 0.2) is 22.7 Å². The van der Waals surface area contributed by atoms with E-state index in [0.29, 0.717) is 0 Å². The third kappa shape index (κ3) is 2.13. The van der Waals surface area contributed by atoms with Gasteiger partial charge in [-0.3, -0.25) is 4.90 Å². The number of hydrogen-bond donors (Lipinski definition) is 1. The number of likely N-dealkylation sites (tertiary alicyclic amines) is 1. The Morgan fingerprint density at radius 1 is 1.28 bits per heavy atom. The largest absolute Gasteiger partial charge is 0.393 e. The number of halogens is 1. The van der Waals surface area contributed by atoms with Gasteiger partial charge in [-0.2, -0.15) is 0 Å². The van der Waals surface area contributed by atoms with E-state index >= 15 is 0 Å². The molecule has 2 aliphatic rings. The molecule has 0 atom stereocenters. The number of rotatable bonds is 2. The highest BCUT2D eigenvalue weighted by atomic mass is 79.9. The fraction of sp³-hybridized carbons (Fsp3) is 0.600. The predicted molar refractivity (Wildman–Crippen MR) is 76.6 cm³/mol. The van der Waals surface area contributed by atoms with Crippen LogP contribution in [0.1, 0.15) is 36.8 Å². The summed E-state index contributed by atoms with van der Waals surface area (Å²) in [5.41, 5.74) is 2.99. The van der Waals surface area contributed by atoms with Crippen molar-refractivity contribution in [3.63, 3.8) is 0 Å². The summed E-state index contributed by atoms with van der Waals surface area (Å²) in [6.45, 7) is 4.19. The van der Waals surface area contributed by atoms with E-state index in [9.17, 15) is 5.11 Å². The van der Waals surface area contributed by atoms with Crippen LogP contribution in [-0.2, 0) is 5.54 Å². The van der Waals surface area contributed by atoms with E-state index in [-0.39, 0.29) is 11.6 Å². The topological polar surface area (TPSA) is 23.5 Å². The molecule has 3 heteroatoms. The van der Waals surface area contributed by atoms with Crippen molar-refractivity contribution in [2.24, 2.45) is 0 Å². The average molecular weight is 310 g/mol. The van der Waals surface area contributed by atoms with Crippen LogP contribution < -0.4 is 0 Å². The number of aliphatic hydroxyl groups excluding tert-OH is 1. The second-order valence-corrected chi connectivity index (χ2v) is 6.59. The number of piperidine rings is 1. The third-order valence-corrected chi connectivity index (χ3v) is 5.08. The number of aliphatic hydroxyl groups is 1. The highest BCUT2D eigenvalue weighted by molar-refractivity contribution is 9.10. The van der Waals surface area contributed by atoms with Crippen LogP contribution in [0.4, 0.5) is 0 Å². The molecule has 1 aromatic carbocycles. The summed E-state index contributed by atoms with van der Waals surface area (Å²) < 4.78 is 1.24. The molecule has 3 rings (SSSR count). The van der Waals surface area contributed by atoms with Crippen molar-refractivity contribution in [2.45, 2.75) is 44.2 Å². The first-order valence-electron chi connectivity index (χ1n) is 6.81. The summed E-state index contributed by atoms with van der Waals surface area (Å²) in [7, 11) is 0. The minimum absolute atomic E-state index is 0.0847. The summed E-state index contributed by atoms with van der Waals surface area (Å²) in [6, 6.07) is 6.70. The van der Waals surface area contributed by atoms with Gasteiger partial charge in [0.15, 0.2) is 0 Å². The molecule has 0 amide bonds. The van der Waals surface area contributed by atoms with E-state index in [0.717, 1.165) is 25.9 Å². The van der Waals surface area contributed by atoms with Gasteiger partial charge >= 0.3 is 0 Å². The van der Waals surface area contributed by atoms with E-state index in [4.69, 9.17) is 0 Å². The molecular formula is C15H20BrNO. The van der Waals surface area contributed by atoms with Gasteiger partial charge in [-0.25, -0.2) is 0 Å². The van der Waals surface area contributed by atoms with Gasteiger partial charge in [-0.05, 0) is 49.8 Å². The molecule has 1 aliphatic heterocycles. The van der Waals surface area contributed by atoms with Gasteiger partial charge in [0.2, 0.25) is 0 Å². The van der Waals surface area contributed by atoms with Crippen LogP contribution in [-0.4, -0.2) is 29.2 Å². The lowest BCUT2D eigenvalue weighted by atomic mass is 9.98. The predicted octanol–water partition coefficient (Wildman–Crippen LogP) is 3.20. The van der Waals surface area contributed by atoms with Gasteiger partial charge in [0.05, 0.1) is 6.10 Å². The van der Waals surface area contributed by atoms with Crippen LogP contribution in [0.2, 0.25) is 0 Å². The molecule has 2 fully saturated rings. The summed E-state index contributed by atoms with van der Waals surface area (Å²) in [5.74, 6) is 0. The maximum atomic E-state index is 9.64. The lowest BCUT2D eigenvalue weighted by Gasteiger charge is -2.37. The van der Waals surface area contributed by atoms with Gasteiger partial charge in [-0.1, -0.05) is 28.1 Å². The Labute approximate surface area is 117 Å². The second-order valence-electron chi connectivity index (χ2n) is 5.73. The molecule has 1 aromatic rings. The molecule has 1 saturated carbocycles. The molecule has 0 unspecified atom stereocenters. The Hall–Kier alpha value is -0.380. The first kappa shape index (κ1) is 12.6. The number of nitrogens with zero attached hydrogens (tertiary/aromatic N) is 1. The SMILES string of the molecule is Cc1ccc(C2(N3CCC(O)CC3)CC2)c(Br)c1. The van der Waals surface area contributed by atoms with E-state index < -0.39 is 0 Å². The van der Waals surface area contributed by atoms with Gasteiger partial charge in [0.25, 0.3) is 0 Å². The van der Waals surface area contributed by atoms with Crippen molar-refractivity contribution in [1.82, 2.24) is 4.90 Å². The van der Waals surface area contributed by atoms with Crippen molar-refractivity contribution in [1.29, 1.82) is 0 Å². The Morgan fingerprint density at radius 2 is 1.94 bits per heavy atom. The highest BCUT2D eigenvalue weighted by Gasteiger charge is 2.50. The monoisotopic (exact) mass is 309 g/mol. The van der Waals surface area contributed by atoms with Gasteiger partial charge < -0.3 is 5.11 Å². The summed E-state index contributed by atoms with van der Waals surface area (Å²) in [5, 5.41) is 9.64. The van der Waals surface area contributed by atoms with Crippen molar-refractivity contribution in [2.75, 3.05) is 13.1 Å². The molecule has 1 aliphatic carbocycles. The Morgan fingerprint density at radius 3 is 2.50 bits per heavy atom. The maximum absolute atomic E-state index is 9.64. The normalized spacial score (nSPS) is 24.2. The molecule has 0 aromatic heterocycles. The zero-order valence-corrected chi connectivity index (χ0v) is 12.4. The first-order valence-corrected chi connectivity index (χ1v) is 7.61. The fourth-order valence-corrected chi connectivity index (χ4v) is 4.03. The van der Waals surface area contributed by atoms with E-state index in [1.165, 1.54) is 28.4 Å². The number of hydrogen-bond acceptors (Lipinski definition) is 2. The van der Waals surface area contributed by atoms with Crippen LogP contribution in [0.5, 0.6) is 0 Å². The summed E-state index contributed by atoms with van der Waals surface area (Å²) >= 11 is 3.73. The molecule has 1 N–H and O–H groups in total. The second kappa shape index (κ2) is 4.62. The zero-order valence-electron chi connectivity index (χ0n) is 10.8. The Kier molecular flexibility index (Phi) is 3.25. The van der Waals surface area contributed by atoms with E-state index in [1.54, 1.807) is 0 Å². The van der Waals surface area contributed by atoms with Crippen molar-refractivity contribution in [3.05, 3.63) is 33.8 Å². The van der Waals surface area contributed by atoms with Gasteiger partial charge in [-0.15, -0.1) is 0 Å². The fourth-order valence-electron chi connectivity index (χ4n) is 3.17. The average Bonchev–Trinajstić information content (AvgIpc) is 3.11. The Balaban J connectivity index is 1.86. The van der Waals surface area contributed by atoms with Crippen LogP contribution in [0.25, 0.3) is 0 Å². The maximum Gasteiger partial charge on any atom is 0.0564 e. The quantitative estimate of drug-likeness (QED) is 0.907. The molecule has 98 valence electrons. The minimum Gasteiger partial charge on any atom is -0.393 e.